The van der Waals surface area contributed by atoms with Crippen molar-refractivity contribution in [2.45, 2.75) is 20.4 Å². The summed E-state index contributed by atoms with van der Waals surface area (Å²) in [4.78, 5) is 13.3. The van der Waals surface area contributed by atoms with Crippen LogP contribution in [0.25, 0.3) is 0 Å². The molecule has 0 bridgehead atoms. The molecule has 0 unspecified atom stereocenters. The van der Waals surface area contributed by atoms with Gasteiger partial charge in [0.1, 0.15) is 11.8 Å². The molecule has 18 heavy (non-hydrogen) atoms. The van der Waals surface area contributed by atoms with Crippen LogP contribution in [-0.2, 0) is 18.4 Å². The van der Waals surface area contributed by atoms with Crippen LogP contribution in [0.2, 0.25) is 0 Å². The highest BCUT2D eigenvalue weighted by atomic mass is 16.2. The number of rotatable bonds is 5. The van der Waals surface area contributed by atoms with Gasteiger partial charge in [-0.25, -0.2) is 0 Å². The first kappa shape index (κ1) is 14.3. The summed E-state index contributed by atoms with van der Waals surface area (Å²) < 4.78 is 1.86. The number of carbonyl (C=O) groups excluding carboxylic acids is 1. The fourth-order valence-corrected chi connectivity index (χ4v) is 1.66. The lowest BCUT2D eigenvalue weighted by Crippen LogP contribution is -2.35. The Morgan fingerprint density at radius 2 is 2.28 bits per heavy atom. The van der Waals surface area contributed by atoms with E-state index in [2.05, 4.69) is 11.4 Å². The molecular formula is C13H20N4O. The van der Waals surface area contributed by atoms with Crippen LogP contribution >= 0.6 is 0 Å². The maximum atomic E-state index is 11.6. The van der Waals surface area contributed by atoms with E-state index >= 15 is 0 Å². The molecule has 5 heteroatoms. The summed E-state index contributed by atoms with van der Waals surface area (Å²) in [5, 5.41) is 12.0. The van der Waals surface area contributed by atoms with Crippen molar-refractivity contribution in [1.29, 1.82) is 5.26 Å². The van der Waals surface area contributed by atoms with Crippen molar-refractivity contribution in [3.8, 4) is 6.07 Å². The Bertz CT molecular complexity index is 470. The molecule has 1 rings (SSSR count). The predicted octanol–water partition coefficient (Wildman–Crippen LogP) is 0.773. The number of hydrogen-bond donors (Lipinski definition) is 1. The zero-order valence-corrected chi connectivity index (χ0v) is 11.4. The molecule has 1 N–H and O–H groups in total. The highest BCUT2D eigenvalue weighted by Crippen LogP contribution is 2.12. The van der Waals surface area contributed by atoms with Crippen molar-refractivity contribution in [3.05, 3.63) is 23.0 Å². The van der Waals surface area contributed by atoms with Gasteiger partial charge in [0.05, 0.1) is 6.54 Å². The molecule has 0 atom stereocenters. The fourth-order valence-electron chi connectivity index (χ4n) is 1.66. The fraction of sp³-hybridized carbons (Fsp3) is 0.538. The van der Waals surface area contributed by atoms with Crippen LogP contribution < -0.4 is 5.32 Å². The molecule has 0 spiro atoms. The summed E-state index contributed by atoms with van der Waals surface area (Å²) in [6.45, 7) is 5.55. The molecule has 1 heterocycles. The van der Waals surface area contributed by atoms with Gasteiger partial charge in [0.25, 0.3) is 0 Å². The molecule has 0 saturated heterocycles. The molecular weight excluding hydrogens is 228 g/mol. The molecule has 0 aliphatic rings. The van der Waals surface area contributed by atoms with Gasteiger partial charge in [0.15, 0.2) is 0 Å². The average molecular weight is 248 g/mol. The van der Waals surface area contributed by atoms with E-state index in [0.29, 0.717) is 25.3 Å². The quantitative estimate of drug-likeness (QED) is 0.837. The Morgan fingerprint density at radius 3 is 2.78 bits per heavy atom. The number of likely N-dealkylation sites (N-methyl/N-ethyl adjacent to an activating group) is 1. The van der Waals surface area contributed by atoms with Gasteiger partial charge < -0.3 is 14.8 Å². The Balaban J connectivity index is 2.55. The van der Waals surface area contributed by atoms with Crippen LogP contribution in [-0.4, -0.2) is 35.5 Å². The summed E-state index contributed by atoms with van der Waals surface area (Å²) in [7, 11) is 3.65. The van der Waals surface area contributed by atoms with Gasteiger partial charge in [0.2, 0.25) is 5.91 Å². The molecule has 0 aliphatic heterocycles. The number of aromatic nitrogens is 1. The lowest BCUT2D eigenvalue weighted by Gasteiger charge is -2.14. The lowest BCUT2D eigenvalue weighted by molar-refractivity contribution is -0.128. The van der Waals surface area contributed by atoms with Crippen molar-refractivity contribution in [2.24, 2.45) is 7.05 Å². The van der Waals surface area contributed by atoms with Crippen molar-refractivity contribution < 1.29 is 4.79 Å². The Hall–Kier alpha value is -1.80. The maximum absolute atomic E-state index is 11.6. The molecule has 1 amide bonds. The highest BCUT2D eigenvalue weighted by molar-refractivity contribution is 5.77. The average Bonchev–Trinajstić information content (AvgIpc) is 2.65. The second-order valence-electron chi connectivity index (χ2n) is 4.32. The number of nitrogens with zero attached hydrogens (tertiary/aromatic N) is 3. The van der Waals surface area contributed by atoms with Gasteiger partial charge in [0, 0.05) is 32.9 Å². The summed E-state index contributed by atoms with van der Waals surface area (Å²) in [6, 6.07) is 4.00. The van der Waals surface area contributed by atoms with Gasteiger partial charge in [-0.05, 0) is 25.5 Å². The van der Waals surface area contributed by atoms with Crippen molar-refractivity contribution in [2.75, 3.05) is 20.1 Å². The van der Waals surface area contributed by atoms with Crippen LogP contribution in [0.1, 0.15) is 23.9 Å². The van der Waals surface area contributed by atoms with E-state index < -0.39 is 0 Å². The van der Waals surface area contributed by atoms with E-state index in [9.17, 15) is 4.79 Å². The zero-order chi connectivity index (χ0) is 13.7. The minimum absolute atomic E-state index is 0.0755. The minimum atomic E-state index is 0.0755. The molecule has 0 radical (unpaired) electrons. The highest BCUT2D eigenvalue weighted by Gasteiger charge is 2.10. The van der Waals surface area contributed by atoms with E-state index in [1.165, 1.54) is 0 Å². The lowest BCUT2D eigenvalue weighted by atomic mass is 10.2. The molecule has 98 valence electrons. The Morgan fingerprint density at radius 1 is 1.61 bits per heavy atom. The van der Waals surface area contributed by atoms with Crippen LogP contribution in [0.4, 0.5) is 0 Å². The summed E-state index contributed by atoms with van der Waals surface area (Å²) in [5.74, 6) is 0.0755. The molecule has 0 aromatic carbocycles. The largest absolute Gasteiger partial charge is 0.345 e. The monoisotopic (exact) mass is 248 g/mol. The SMILES string of the molecule is CCN(C)C(=O)CNCc1cc(C#N)n(C)c1C. The number of nitriles is 1. The third-order valence-corrected chi connectivity index (χ3v) is 3.25. The third-order valence-electron chi connectivity index (χ3n) is 3.25. The van der Waals surface area contributed by atoms with Gasteiger partial charge in [-0.2, -0.15) is 5.26 Å². The molecule has 0 saturated carbocycles. The number of nitrogens with one attached hydrogen (secondary N) is 1. The van der Waals surface area contributed by atoms with Gasteiger partial charge in [-0.3, -0.25) is 4.79 Å². The summed E-state index contributed by atoms with van der Waals surface area (Å²) in [5.41, 5.74) is 2.75. The van der Waals surface area contributed by atoms with Crippen LogP contribution in [0, 0.1) is 18.3 Å². The summed E-state index contributed by atoms with van der Waals surface area (Å²) in [6.07, 6.45) is 0. The van der Waals surface area contributed by atoms with Crippen molar-refractivity contribution >= 4 is 5.91 Å². The number of amides is 1. The first-order valence-electron chi connectivity index (χ1n) is 6.01. The van der Waals surface area contributed by atoms with E-state index in [0.717, 1.165) is 11.3 Å². The first-order chi connectivity index (χ1) is 8.51. The molecule has 1 aromatic rings. The van der Waals surface area contributed by atoms with Crippen LogP contribution in [0.15, 0.2) is 6.07 Å². The minimum Gasteiger partial charge on any atom is -0.345 e. The standard InChI is InChI=1S/C13H20N4O/c1-5-16(3)13(18)9-15-8-11-6-12(7-14)17(4)10(11)2/h6,15H,5,8-9H2,1-4H3. The second-order valence-corrected chi connectivity index (χ2v) is 4.32. The van der Waals surface area contributed by atoms with Gasteiger partial charge >= 0.3 is 0 Å². The number of carbonyl (C=O) groups is 1. The smallest absolute Gasteiger partial charge is 0.236 e. The first-order valence-corrected chi connectivity index (χ1v) is 6.01. The molecule has 5 nitrogen and oxygen atoms in total. The Kier molecular flexibility index (Phi) is 4.93. The van der Waals surface area contributed by atoms with E-state index in [1.807, 2.05) is 31.5 Å². The van der Waals surface area contributed by atoms with E-state index in [-0.39, 0.29) is 5.91 Å². The molecule has 1 aromatic heterocycles. The van der Waals surface area contributed by atoms with Gasteiger partial charge in [-0.1, -0.05) is 0 Å². The summed E-state index contributed by atoms with van der Waals surface area (Å²) >= 11 is 0. The topological polar surface area (TPSA) is 61.1 Å². The molecule has 0 aliphatic carbocycles. The predicted molar refractivity (Wildman–Crippen MR) is 69.9 cm³/mol. The van der Waals surface area contributed by atoms with E-state index in [4.69, 9.17) is 5.26 Å². The third kappa shape index (κ3) is 3.11. The second kappa shape index (κ2) is 6.22. The molecule has 0 fully saturated rings. The van der Waals surface area contributed by atoms with Gasteiger partial charge in [-0.15, -0.1) is 0 Å². The maximum Gasteiger partial charge on any atom is 0.236 e. The van der Waals surface area contributed by atoms with Crippen LogP contribution in [0.5, 0.6) is 0 Å². The zero-order valence-electron chi connectivity index (χ0n) is 11.4. The normalized spacial score (nSPS) is 10.2. The van der Waals surface area contributed by atoms with Crippen LogP contribution in [0.3, 0.4) is 0 Å². The number of hydrogen-bond acceptors (Lipinski definition) is 3. The van der Waals surface area contributed by atoms with E-state index in [1.54, 1.807) is 11.9 Å². The Labute approximate surface area is 108 Å². The van der Waals surface area contributed by atoms with Crippen molar-refractivity contribution in [3.63, 3.8) is 0 Å². The van der Waals surface area contributed by atoms with Crippen molar-refractivity contribution in [1.82, 2.24) is 14.8 Å².